The zero-order valence-electron chi connectivity index (χ0n) is 14.6. The van der Waals surface area contributed by atoms with Crippen LogP contribution in [0.4, 0.5) is 0 Å². The highest BCUT2D eigenvalue weighted by Gasteiger charge is 2.16. The molecule has 1 rings (SSSR count). The van der Waals surface area contributed by atoms with Crippen LogP contribution in [0.5, 0.6) is 5.75 Å². The van der Waals surface area contributed by atoms with Crippen molar-refractivity contribution in [1.29, 1.82) is 0 Å². The van der Waals surface area contributed by atoms with Gasteiger partial charge in [0, 0.05) is 25.4 Å². The van der Waals surface area contributed by atoms with Gasteiger partial charge in [0.2, 0.25) is 5.91 Å². The molecule has 0 saturated heterocycles. The molecule has 1 aromatic rings. The van der Waals surface area contributed by atoms with Gasteiger partial charge in [-0.1, -0.05) is 32.0 Å². The van der Waals surface area contributed by atoms with Gasteiger partial charge in [-0.2, -0.15) is 0 Å². The number of hydrogen-bond acceptors (Lipinski definition) is 3. The first-order valence-electron chi connectivity index (χ1n) is 8.31. The highest BCUT2D eigenvalue weighted by Crippen LogP contribution is 2.26. The van der Waals surface area contributed by atoms with E-state index in [2.05, 4.69) is 24.5 Å². The first-order valence-corrected chi connectivity index (χ1v) is 8.85. The Morgan fingerprint density at radius 1 is 1.12 bits per heavy atom. The van der Waals surface area contributed by atoms with Crippen molar-refractivity contribution in [2.45, 2.75) is 45.6 Å². The lowest BCUT2D eigenvalue weighted by Crippen LogP contribution is -2.40. The summed E-state index contributed by atoms with van der Waals surface area (Å²) in [5.74, 6) is 1.25. The molecule has 2 amide bonds. The Bertz CT molecular complexity index is 535. The summed E-state index contributed by atoms with van der Waals surface area (Å²) in [7, 11) is 0. The van der Waals surface area contributed by atoms with Crippen LogP contribution in [0.3, 0.4) is 0 Å². The van der Waals surface area contributed by atoms with Crippen molar-refractivity contribution in [2.75, 3.05) is 19.0 Å². The summed E-state index contributed by atoms with van der Waals surface area (Å²) in [5, 5.41) is 5.49. The summed E-state index contributed by atoms with van der Waals surface area (Å²) < 4.78 is 5.79. The van der Waals surface area contributed by atoms with Gasteiger partial charge in [-0.25, -0.2) is 0 Å². The van der Waals surface area contributed by atoms with Crippen molar-refractivity contribution >= 4 is 23.4 Å². The van der Waals surface area contributed by atoms with Gasteiger partial charge in [0.1, 0.15) is 5.75 Å². The van der Waals surface area contributed by atoms with Crippen LogP contribution in [0.1, 0.15) is 45.1 Å². The van der Waals surface area contributed by atoms with Crippen LogP contribution < -0.4 is 15.4 Å². The molecule has 6 heteroatoms. The molecule has 1 aromatic carbocycles. The van der Waals surface area contributed by atoms with Gasteiger partial charge >= 0.3 is 0 Å². The molecule has 0 aliphatic carbocycles. The van der Waals surface area contributed by atoms with Gasteiger partial charge in [-0.15, -0.1) is 11.6 Å². The van der Waals surface area contributed by atoms with E-state index in [1.807, 2.05) is 24.3 Å². The third-order valence-corrected chi connectivity index (χ3v) is 3.77. The van der Waals surface area contributed by atoms with E-state index in [1.54, 1.807) is 6.92 Å². The lowest BCUT2D eigenvalue weighted by Gasteiger charge is -2.18. The third-order valence-electron chi connectivity index (χ3n) is 3.50. The van der Waals surface area contributed by atoms with Crippen LogP contribution in [-0.4, -0.2) is 36.9 Å². The van der Waals surface area contributed by atoms with E-state index in [0.29, 0.717) is 37.7 Å². The monoisotopic (exact) mass is 354 g/mol. The molecule has 2 N–H and O–H groups in total. The van der Waals surface area contributed by atoms with Gasteiger partial charge in [0.25, 0.3) is 5.91 Å². The van der Waals surface area contributed by atoms with E-state index < -0.39 is 6.10 Å². The third kappa shape index (κ3) is 7.21. The molecule has 0 spiro atoms. The Morgan fingerprint density at radius 2 is 1.79 bits per heavy atom. The standard InChI is InChI=1S/C18H27ClN2O3/c1-13(2)15-7-4-5-8-16(15)24-14(3)18(23)21-12-11-20-17(22)9-6-10-19/h4-5,7-8,13-14H,6,9-12H2,1-3H3,(H,20,22)(H,21,23). The average Bonchev–Trinajstić information content (AvgIpc) is 2.56. The average molecular weight is 355 g/mol. The number of ether oxygens (including phenoxy) is 1. The maximum Gasteiger partial charge on any atom is 0.260 e. The minimum Gasteiger partial charge on any atom is -0.481 e. The smallest absolute Gasteiger partial charge is 0.260 e. The molecule has 0 radical (unpaired) electrons. The van der Waals surface area contributed by atoms with Gasteiger partial charge in [-0.3, -0.25) is 9.59 Å². The molecule has 1 atom stereocenters. The van der Waals surface area contributed by atoms with E-state index >= 15 is 0 Å². The minimum atomic E-state index is -0.600. The highest BCUT2D eigenvalue weighted by atomic mass is 35.5. The van der Waals surface area contributed by atoms with E-state index in [1.165, 1.54) is 0 Å². The molecule has 0 heterocycles. The Balaban J connectivity index is 2.37. The number of carbonyl (C=O) groups is 2. The fourth-order valence-electron chi connectivity index (χ4n) is 2.16. The molecule has 24 heavy (non-hydrogen) atoms. The summed E-state index contributed by atoms with van der Waals surface area (Å²) in [6.45, 7) is 6.64. The van der Waals surface area contributed by atoms with Crippen molar-refractivity contribution in [1.82, 2.24) is 10.6 Å². The predicted octanol–water partition coefficient (Wildman–Crippen LogP) is 2.83. The summed E-state index contributed by atoms with van der Waals surface area (Å²) in [6, 6.07) is 7.72. The minimum absolute atomic E-state index is 0.0555. The Kier molecular flexibility index (Phi) is 9.23. The van der Waals surface area contributed by atoms with Crippen molar-refractivity contribution in [3.63, 3.8) is 0 Å². The van der Waals surface area contributed by atoms with Gasteiger partial charge < -0.3 is 15.4 Å². The summed E-state index contributed by atoms with van der Waals surface area (Å²) in [4.78, 5) is 23.5. The molecule has 0 aromatic heterocycles. The maximum absolute atomic E-state index is 12.1. The Morgan fingerprint density at radius 3 is 2.46 bits per heavy atom. The lowest BCUT2D eigenvalue weighted by atomic mass is 10.0. The Labute approximate surface area is 149 Å². The number of alkyl halides is 1. The molecule has 0 fully saturated rings. The van der Waals surface area contributed by atoms with E-state index in [0.717, 1.165) is 11.3 Å². The molecule has 0 aliphatic heterocycles. The number of carbonyl (C=O) groups excluding carboxylic acids is 2. The second-order valence-electron chi connectivity index (χ2n) is 5.89. The van der Waals surface area contributed by atoms with Crippen molar-refractivity contribution < 1.29 is 14.3 Å². The first-order chi connectivity index (χ1) is 11.5. The number of hydrogen-bond donors (Lipinski definition) is 2. The summed E-state index contributed by atoms with van der Waals surface area (Å²) in [5.41, 5.74) is 1.07. The predicted molar refractivity (Wildman–Crippen MR) is 96.6 cm³/mol. The number of halogens is 1. The molecule has 0 bridgehead atoms. The van der Waals surface area contributed by atoms with E-state index in [9.17, 15) is 9.59 Å². The first kappa shape index (κ1) is 20.3. The van der Waals surface area contributed by atoms with Crippen molar-refractivity contribution in [2.24, 2.45) is 0 Å². The van der Waals surface area contributed by atoms with Crippen LogP contribution in [0.15, 0.2) is 24.3 Å². The fourth-order valence-corrected chi connectivity index (χ4v) is 2.29. The van der Waals surface area contributed by atoms with E-state index in [-0.39, 0.29) is 11.8 Å². The number of rotatable bonds is 10. The van der Waals surface area contributed by atoms with Gasteiger partial charge in [-0.05, 0) is 30.9 Å². The SMILES string of the molecule is CC(Oc1ccccc1C(C)C)C(=O)NCCNC(=O)CCCCl. The second-order valence-corrected chi connectivity index (χ2v) is 6.26. The normalized spacial score (nSPS) is 11.9. The zero-order chi connectivity index (χ0) is 17.9. The molecule has 0 aliphatic rings. The van der Waals surface area contributed by atoms with Crippen LogP contribution in [0.25, 0.3) is 0 Å². The molecule has 0 saturated carbocycles. The number of benzene rings is 1. The van der Waals surface area contributed by atoms with Crippen LogP contribution >= 0.6 is 11.6 Å². The second kappa shape index (κ2) is 10.9. The lowest BCUT2D eigenvalue weighted by molar-refractivity contribution is -0.127. The zero-order valence-corrected chi connectivity index (χ0v) is 15.4. The van der Waals surface area contributed by atoms with Gasteiger partial charge in [0.05, 0.1) is 0 Å². The summed E-state index contributed by atoms with van der Waals surface area (Å²) in [6.07, 6.45) is 0.458. The van der Waals surface area contributed by atoms with E-state index in [4.69, 9.17) is 16.3 Å². The van der Waals surface area contributed by atoms with Crippen molar-refractivity contribution in [3.8, 4) is 5.75 Å². The quantitative estimate of drug-likeness (QED) is 0.501. The van der Waals surface area contributed by atoms with Crippen LogP contribution in [0, 0.1) is 0 Å². The number of para-hydroxylation sites is 1. The number of nitrogens with one attached hydrogen (secondary N) is 2. The topological polar surface area (TPSA) is 67.4 Å². The molecular formula is C18H27ClN2O3. The fraction of sp³-hybridized carbons (Fsp3) is 0.556. The molecule has 5 nitrogen and oxygen atoms in total. The largest absolute Gasteiger partial charge is 0.481 e. The Hall–Kier alpha value is -1.75. The van der Waals surface area contributed by atoms with Crippen LogP contribution in [-0.2, 0) is 9.59 Å². The number of amides is 2. The van der Waals surface area contributed by atoms with Gasteiger partial charge in [0.15, 0.2) is 6.10 Å². The van der Waals surface area contributed by atoms with Crippen LogP contribution in [0.2, 0.25) is 0 Å². The molecule has 1 unspecified atom stereocenters. The molecular weight excluding hydrogens is 328 g/mol. The highest BCUT2D eigenvalue weighted by molar-refractivity contribution is 6.17. The summed E-state index contributed by atoms with van der Waals surface area (Å²) >= 11 is 5.53. The molecule has 134 valence electrons. The van der Waals surface area contributed by atoms with Crippen molar-refractivity contribution in [3.05, 3.63) is 29.8 Å². The maximum atomic E-state index is 12.1.